The van der Waals surface area contributed by atoms with Crippen LogP contribution in [0.15, 0.2) is 41.8 Å². The van der Waals surface area contributed by atoms with E-state index in [4.69, 9.17) is 0 Å². The fourth-order valence-electron chi connectivity index (χ4n) is 1.42. The molecule has 90 valence electrons. The molecule has 0 aliphatic heterocycles. The Morgan fingerprint density at radius 3 is 2.35 bits per heavy atom. The predicted octanol–water partition coefficient (Wildman–Crippen LogP) is 4.83. The van der Waals surface area contributed by atoms with Gasteiger partial charge in [-0.1, -0.05) is 34.1 Å². The molecule has 1 heterocycles. The molecule has 2 rings (SSSR count). The minimum Gasteiger partial charge on any atom is -0.435 e. The second-order valence-corrected chi connectivity index (χ2v) is 5.22. The second kappa shape index (κ2) is 5.60. The number of alkyl halides is 3. The molecule has 2 aromatic rings. The monoisotopic (exact) mass is 318 g/mol. The second-order valence-electron chi connectivity index (χ2n) is 3.33. The lowest BCUT2D eigenvalue weighted by atomic mass is 10.1. The summed E-state index contributed by atoms with van der Waals surface area (Å²) in [7, 11) is 0. The number of hydrogen-bond acceptors (Lipinski definition) is 2. The maximum absolute atomic E-state index is 12.0. The molecule has 17 heavy (non-hydrogen) atoms. The fraction of sp³-hybridized carbons (Fsp3) is 0.167. The summed E-state index contributed by atoms with van der Waals surface area (Å²) in [5.74, 6) is 0.176. The van der Waals surface area contributed by atoms with Crippen LogP contribution in [0.1, 0.15) is 15.3 Å². The number of thiophene rings is 1. The average molecular weight is 319 g/mol. The van der Waals surface area contributed by atoms with Crippen molar-refractivity contribution in [2.75, 3.05) is 0 Å². The third-order valence-electron chi connectivity index (χ3n) is 2.19. The molecule has 5 heteroatoms. The van der Waals surface area contributed by atoms with Gasteiger partial charge in [-0.15, -0.1) is 11.3 Å². The van der Waals surface area contributed by atoms with Crippen molar-refractivity contribution < 1.29 is 13.5 Å². The van der Waals surface area contributed by atoms with Gasteiger partial charge in [-0.05, 0) is 29.1 Å². The van der Waals surface area contributed by atoms with Crippen LogP contribution in [0.3, 0.4) is 0 Å². The molecule has 0 aliphatic carbocycles. The standard InChI is InChI=1S/C12H9BrF2OS/c13-11(10-2-1-7-17-10)8-3-5-9(6-4-8)16-12(14)15/h1-7,11-12H. The molecular weight excluding hydrogens is 310 g/mol. The van der Waals surface area contributed by atoms with Crippen molar-refractivity contribution in [3.63, 3.8) is 0 Å². The van der Waals surface area contributed by atoms with Crippen LogP contribution in [-0.2, 0) is 0 Å². The SMILES string of the molecule is FC(F)Oc1ccc(C(Br)c2cccs2)cc1. The number of ether oxygens (including phenoxy) is 1. The molecule has 1 atom stereocenters. The van der Waals surface area contributed by atoms with Gasteiger partial charge in [0.25, 0.3) is 0 Å². The van der Waals surface area contributed by atoms with Crippen LogP contribution in [0.2, 0.25) is 0 Å². The minimum absolute atomic E-state index is 0.0862. The van der Waals surface area contributed by atoms with Gasteiger partial charge in [0.2, 0.25) is 0 Å². The molecule has 1 nitrogen and oxygen atoms in total. The van der Waals surface area contributed by atoms with E-state index < -0.39 is 6.61 Å². The van der Waals surface area contributed by atoms with Gasteiger partial charge in [0.05, 0.1) is 4.83 Å². The van der Waals surface area contributed by atoms with Crippen LogP contribution >= 0.6 is 27.3 Å². The molecule has 1 aromatic carbocycles. The molecule has 0 aliphatic rings. The van der Waals surface area contributed by atoms with Gasteiger partial charge in [0.15, 0.2) is 0 Å². The predicted molar refractivity (Wildman–Crippen MR) is 68.2 cm³/mol. The lowest BCUT2D eigenvalue weighted by molar-refractivity contribution is -0.0498. The van der Waals surface area contributed by atoms with E-state index in [9.17, 15) is 8.78 Å². The number of benzene rings is 1. The van der Waals surface area contributed by atoms with Crippen molar-refractivity contribution in [2.24, 2.45) is 0 Å². The summed E-state index contributed by atoms with van der Waals surface area (Å²) in [4.78, 5) is 1.26. The van der Waals surface area contributed by atoms with E-state index in [2.05, 4.69) is 20.7 Å². The topological polar surface area (TPSA) is 9.23 Å². The normalized spacial score (nSPS) is 12.7. The Bertz CT molecular complexity index is 456. The Hall–Kier alpha value is -0.940. The van der Waals surface area contributed by atoms with Crippen LogP contribution < -0.4 is 4.74 Å². The molecule has 0 N–H and O–H groups in total. The number of hydrogen-bond donors (Lipinski definition) is 0. The largest absolute Gasteiger partial charge is 0.435 e. The van der Waals surface area contributed by atoms with Gasteiger partial charge in [0, 0.05) is 4.88 Å². The minimum atomic E-state index is -2.78. The van der Waals surface area contributed by atoms with Gasteiger partial charge in [0.1, 0.15) is 5.75 Å². The Labute approximate surface area is 110 Å². The van der Waals surface area contributed by atoms with E-state index >= 15 is 0 Å². The summed E-state index contributed by atoms with van der Waals surface area (Å²) < 4.78 is 28.2. The molecule has 1 unspecified atom stereocenters. The molecule has 0 spiro atoms. The zero-order chi connectivity index (χ0) is 12.3. The van der Waals surface area contributed by atoms with Crippen LogP contribution in [0.5, 0.6) is 5.75 Å². The van der Waals surface area contributed by atoms with Crippen molar-refractivity contribution in [3.8, 4) is 5.75 Å². The van der Waals surface area contributed by atoms with E-state index in [1.807, 2.05) is 17.5 Å². The maximum atomic E-state index is 12.0. The van der Waals surface area contributed by atoms with Crippen LogP contribution in [0, 0.1) is 0 Å². The molecule has 0 bridgehead atoms. The smallest absolute Gasteiger partial charge is 0.387 e. The lowest BCUT2D eigenvalue weighted by Crippen LogP contribution is -2.01. The zero-order valence-electron chi connectivity index (χ0n) is 8.65. The van der Waals surface area contributed by atoms with Gasteiger partial charge in [-0.3, -0.25) is 0 Å². The zero-order valence-corrected chi connectivity index (χ0v) is 11.0. The van der Waals surface area contributed by atoms with Gasteiger partial charge >= 0.3 is 6.61 Å². The van der Waals surface area contributed by atoms with Crippen LogP contribution in [-0.4, -0.2) is 6.61 Å². The van der Waals surface area contributed by atoms with Crippen molar-refractivity contribution in [2.45, 2.75) is 11.4 Å². The highest BCUT2D eigenvalue weighted by Crippen LogP contribution is 2.34. The fourth-order valence-corrected chi connectivity index (χ4v) is 2.93. The molecule has 0 saturated heterocycles. The van der Waals surface area contributed by atoms with Gasteiger partial charge in [-0.2, -0.15) is 8.78 Å². The first kappa shape index (κ1) is 12.5. The van der Waals surface area contributed by atoms with Crippen molar-refractivity contribution >= 4 is 27.3 Å². The quantitative estimate of drug-likeness (QED) is 0.733. The van der Waals surface area contributed by atoms with E-state index in [0.29, 0.717) is 0 Å². The first-order valence-electron chi connectivity index (χ1n) is 4.89. The summed E-state index contributed by atoms with van der Waals surface area (Å²) in [6.45, 7) is -2.78. The summed E-state index contributed by atoms with van der Waals surface area (Å²) in [5, 5.41) is 2.00. The Kier molecular flexibility index (Phi) is 4.12. The molecule has 0 radical (unpaired) electrons. The Morgan fingerprint density at radius 2 is 1.82 bits per heavy atom. The van der Waals surface area contributed by atoms with Gasteiger partial charge < -0.3 is 4.74 Å². The highest BCUT2D eigenvalue weighted by Gasteiger charge is 2.11. The molecule has 0 saturated carbocycles. The van der Waals surface area contributed by atoms with Crippen molar-refractivity contribution in [3.05, 3.63) is 52.2 Å². The summed E-state index contributed by atoms with van der Waals surface area (Å²) in [6, 6.07) is 10.6. The molecule has 0 fully saturated rings. The Balaban J connectivity index is 2.12. The highest BCUT2D eigenvalue weighted by molar-refractivity contribution is 9.09. The Morgan fingerprint density at radius 1 is 1.12 bits per heavy atom. The van der Waals surface area contributed by atoms with Crippen molar-refractivity contribution in [1.82, 2.24) is 0 Å². The summed E-state index contributed by atoms with van der Waals surface area (Å²) in [6.07, 6.45) is 0. The lowest BCUT2D eigenvalue weighted by Gasteiger charge is -2.09. The molecule has 1 aromatic heterocycles. The number of rotatable bonds is 4. The molecule has 0 amide bonds. The van der Waals surface area contributed by atoms with E-state index in [-0.39, 0.29) is 10.6 Å². The average Bonchev–Trinajstić information content (AvgIpc) is 2.82. The first-order valence-corrected chi connectivity index (χ1v) is 6.68. The van der Waals surface area contributed by atoms with Gasteiger partial charge in [-0.25, -0.2) is 0 Å². The van der Waals surface area contributed by atoms with Crippen LogP contribution in [0.4, 0.5) is 8.78 Å². The number of halogens is 3. The van der Waals surface area contributed by atoms with Crippen molar-refractivity contribution in [1.29, 1.82) is 0 Å². The summed E-state index contributed by atoms with van der Waals surface area (Å²) >= 11 is 5.21. The summed E-state index contributed by atoms with van der Waals surface area (Å²) in [5.41, 5.74) is 1.01. The third-order valence-corrected chi connectivity index (χ3v) is 4.45. The van der Waals surface area contributed by atoms with Crippen LogP contribution in [0.25, 0.3) is 0 Å². The van der Waals surface area contributed by atoms with E-state index in [1.54, 1.807) is 35.6 Å². The maximum Gasteiger partial charge on any atom is 0.387 e. The van der Waals surface area contributed by atoms with E-state index in [1.165, 1.54) is 4.88 Å². The van der Waals surface area contributed by atoms with E-state index in [0.717, 1.165) is 5.56 Å². The first-order chi connectivity index (χ1) is 8.16. The molecular formula is C12H9BrF2OS. The highest BCUT2D eigenvalue weighted by atomic mass is 79.9. The third kappa shape index (κ3) is 3.26.